The van der Waals surface area contributed by atoms with Crippen LogP contribution in [0.5, 0.6) is 0 Å². The van der Waals surface area contributed by atoms with Crippen molar-refractivity contribution in [1.29, 1.82) is 0 Å². The fourth-order valence-corrected chi connectivity index (χ4v) is 3.10. The fourth-order valence-electron chi connectivity index (χ4n) is 2.68. The molecule has 21 heavy (non-hydrogen) atoms. The Morgan fingerprint density at radius 2 is 1.90 bits per heavy atom. The standard InChI is InChI=1S/C16H22BrClN2O/c17-14-8-7-12(11-15(14)18)16(21)20-10-9-19-13-5-3-1-2-4-6-13/h7-8,11,13,19H,1-6,9-10H2,(H,20,21). The number of amides is 1. The fraction of sp³-hybridized carbons (Fsp3) is 0.562. The van der Waals surface area contributed by atoms with Crippen LogP contribution in [-0.4, -0.2) is 25.0 Å². The molecular formula is C16H22BrClN2O. The average molecular weight is 374 g/mol. The molecule has 3 nitrogen and oxygen atoms in total. The summed E-state index contributed by atoms with van der Waals surface area (Å²) in [5.74, 6) is -0.0768. The van der Waals surface area contributed by atoms with Crippen molar-refractivity contribution in [1.82, 2.24) is 10.6 Å². The van der Waals surface area contributed by atoms with Gasteiger partial charge in [0.2, 0.25) is 0 Å². The van der Waals surface area contributed by atoms with Gasteiger partial charge in [-0.15, -0.1) is 0 Å². The molecule has 1 saturated carbocycles. The van der Waals surface area contributed by atoms with Crippen LogP contribution in [0.2, 0.25) is 5.02 Å². The molecule has 2 rings (SSSR count). The van der Waals surface area contributed by atoms with Gasteiger partial charge in [0.25, 0.3) is 5.91 Å². The van der Waals surface area contributed by atoms with E-state index in [1.54, 1.807) is 18.2 Å². The highest BCUT2D eigenvalue weighted by molar-refractivity contribution is 9.10. The molecule has 5 heteroatoms. The van der Waals surface area contributed by atoms with Crippen LogP contribution in [0.15, 0.2) is 22.7 Å². The number of benzene rings is 1. The zero-order valence-electron chi connectivity index (χ0n) is 12.1. The van der Waals surface area contributed by atoms with Crippen molar-refractivity contribution in [3.05, 3.63) is 33.3 Å². The molecular weight excluding hydrogens is 352 g/mol. The van der Waals surface area contributed by atoms with E-state index < -0.39 is 0 Å². The topological polar surface area (TPSA) is 41.1 Å². The molecule has 0 saturated heterocycles. The van der Waals surface area contributed by atoms with Crippen molar-refractivity contribution in [2.75, 3.05) is 13.1 Å². The summed E-state index contributed by atoms with van der Waals surface area (Å²) in [4.78, 5) is 12.0. The first-order chi connectivity index (χ1) is 10.2. The van der Waals surface area contributed by atoms with E-state index in [1.165, 1.54) is 38.5 Å². The van der Waals surface area contributed by atoms with Gasteiger partial charge in [-0.3, -0.25) is 4.79 Å². The van der Waals surface area contributed by atoms with Gasteiger partial charge in [-0.05, 0) is 47.0 Å². The lowest BCUT2D eigenvalue weighted by atomic mass is 10.1. The van der Waals surface area contributed by atoms with Crippen LogP contribution in [0.25, 0.3) is 0 Å². The van der Waals surface area contributed by atoms with Gasteiger partial charge in [-0.2, -0.15) is 0 Å². The molecule has 2 N–H and O–H groups in total. The summed E-state index contributed by atoms with van der Waals surface area (Å²) < 4.78 is 0.802. The molecule has 1 amide bonds. The second-order valence-corrected chi connectivity index (χ2v) is 6.79. The molecule has 1 aromatic carbocycles. The summed E-state index contributed by atoms with van der Waals surface area (Å²) in [6.07, 6.45) is 7.88. The molecule has 0 unspecified atom stereocenters. The summed E-state index contributed by atoms with van der Waals surface area (Å²) in [6, 6.07) is 5.86. The van der Waals surface area contributed by atoms with Gasteiger partial charge in [0.1, 0.15) is 0 Å². The first kappa shape index (κ1) is 16.8. The monoisotopic (exact) mass is 372 g/mol. The van der Waals surface area contributed by atoms with E-state index in [9.17, 15) is 4.79 Å². The normalized spacial score (nSPS) is 16.5. The van der Waals surface area contributed by atoms with E-state index in [4.69, 9.17) is 11.6 Å². The molecule has 0 aliphatic heterocycles. The van der Waals surface area contributed by atoms with Crippen molar-refractivity contribution >= 4 is 33.4 Å². The Hall–Kier alpha value is -0.580. The molecule has 0 radical (unpaired) electrons. The molecule has 0 spiro atoms. The Morgan fingerprint density at radius 3 is 2.57 bits per heavy atom. The first-order valence-corrected chi connectivity index (χ1v) is 8.80. The van der Waals surface area contributed by atoms with Crippen molar-refractivity contribution in [3.63, 3.8) is 0 Å². The third kappa shape index (κ3) is 5.61. The van der Waals surface area contributed by atoms with Gasteiger partial charge < -0.3 is 10.6 Å². The maximum atomic E-state index is 12.0. The smallest absolute Gasteiger partial charge is 0.251 e. The van der Waals surface area contributed by atoms with Crippen LogP contribution in [0.3, 0.4) is 0 Å². The van der Waals surface area contributed by atoms with Crippen molar-refractivity contribution < 1.29 is 4.79 Å². The molecule has 1 aromatic rings. The third-order valence-electron chi connectivity index (χ3n) is 3.88. The van der Waals surface area contributed by atoms with Crippen LogP contribution in [0, 0.1) is 0 Å². The van der Waals surface area contributed by atoms with Gasteiger partial charge >= 0.3 is 0 Å². The lowest BCUT2D eigenvalue weighted by Crippen LogP contribution is -2.36. The summed E-state index contributed by atoms with van der Waals surface area (Å²) in [6.45, 7) is 1.46. The predicted molar refractivity (Wildman–Crippen MR) is 91.0 cm³/mol. The number of halogens is 2. The summed E-state index contributed by atoms with van der Waals surface area (Å²) in [5, 5.41) is 7.02. The minimum absolute atomic E-state index is 0.0768. The van der Waals surface area contributed by atoms with Gasteiger partial charge in [0.15, 0.2) is 0 Å². The van der Waals surface area contributed by atoms with E-state index in [-0.39, 0.29) is 5.91 Å². The predicted octanol–water partition coefficient (Wildman–Crippen LogP) is 4.14. The first-order valence-electron chi connectivity index (χ1n) is 7.63. The van der Waals surface area contributed by atoms with Crippen LogP contribution >= 0.6 is 27.5 Å². The molecule has 0 atom stereocenters. The molecule has 0 bridgehead atoms. The van der Waals surface area contributed by atoms with Crippen LogP contribution in [-0.2, 0) is 0 Å². The summed E-state index contributed by atoms with van der Waals surface area (Å²) in [7, 11) is 0. The Labute approximate surface area is 140 Å². The number of hydrogen-bond donors (Lipinski definition) is 2. The second-order valence-electron chi connectivity index (χ2n) is 5.53. The largest absolute Gasteiger partial charge is 0.351 e. The number of nitrogens with one attached hydrogen (secondary N) is 2. The van der Waals surface area contributed by atoms with Gasteiger partial charge in [-0.25, -0.2) is 0 Å². The zero-order chi connectivity index (χ0) is 15.1. The van der Waals surface area contributed by atoms with Crippen LogP contribution in [0.1, 0.15) is 48.9 Å². The van der Waals surface area contributed by atoms with E-state index in [0.717, 1.165) is 11.0 Å². The molecule has 1 aliphatic rings. The summed E-state index contributed by atoms with van der Waals surface area (Å²) in [5.41, 5.74) is 0.595. The molecule has 1 aliphatic carbocycles. The molecule has 116 valence electrons. The van der Waals surface area contributed by atoms with Crippen molar-refractivity contribution in [2.45, 2.75) is 44.6 Å². The Bertz CT molecular complexity index is 473. The van der Waals surface area contributed by atoms with E-state index in [2.05, 4.69) is 26.6 Å². The van der Waals surface area contributed by atoms with Crippen molar-refractivity contribution in [2.24, 2.45) is 0 Å². The summed E-state index contributed by atoms with van der Waals surface area (Å²) >= 11 is 9.32. The zero-order valence-corrected chi connectivity index (χ0v) is 14.5. The Kier molecular flexibility index (Phi) is 7.00. The number of rotatable bonds is 5. The maximum absolute atomic E-state index is 12.0. The Morgan fingerprint density at radius 1 is 1.19 bits per heavy atom. The lowest BCUT2D eigenvalue weighted by Gasteiger charge is -2.16. The minimum atomic E-state index is -0.0768. The van der Waals surface area contributed by atoms with E-state index in [1.807, 2.05) is 0 Å². The highest BCUT2D eigenvalue weighted by Gasteiger charge is 2.11. The van der Waals surface area contributed by atoms with Crippen LogP contribution in [0.4, 0.5) is 0 Å². The van der Waals surface area contributed by atoms with Crippen molar-refractivity contribution in [3.8, 4) is 0 Å². The minimum Gasteiger partial charge on any atom is -0.351 e. The van der Waals surface area contributed by atoms with Gasteiger partial charge in [0, 0.05) is 29.2 Å². The SMILES string of the molecule is O=C(NCCNC1CCCCCC1)c1ccc(Br)c(Cl)c1. The lowest BCUT2D eigenvalue weighted by molar-refractivity contribution is 0.0953. The van der Waals surface area contributed by atoms with E-state index >= 15 is 0 Å². The second kappa shape index (κ2) is 8.76. The highest BCUT2D eigenvalue weighted by Crippen LogP contribution is 2.23. The maximum Gasteiger partial charge on any atom is 0.251 e. The van der Waals surface area contributed by atoms with Crippen LogP contribution < -0.4 is 10.6 Å². The van der Waals surface area contributed by atoms with Gasteiger partial charge in [0.05, 0.1) is 5.02 Å². The number of carbonyl (C=O) groups is 1. The quantitative estimate of drug-likeness (QED) is 0.601. The molecule has 0 heterocycles. The third-order valence-corrected chi connectivity index (χ3v) is 5.11. The average Bonchev–Trinajstić information content (AvgIpc) is 2.75. The highest BCUT2D eigenvalue weighted by atomic mass is 79.9. The number of carbonyl (C=O) groups excluding carboxylic acids is 1. The Balaban J connectivity index is 1.70. The van der Waals surface area contributed by atoms with E-state index in [0.29, 0.717) is 23.2 Å². The molecule has 0 aromatic heterocycles. The number of hydrogen-bond acceptors (Lipinski definition) is 2. The van der Waals surface area contributed by atoms with Gasteiger partial charge in [-0.1, -0.05) is 37.3 Å². The molecule has 1 fully saturated rings.